The first-order chi connectivity index (χ1) is 14.8. The summed E-state index contributed by atoms with van der Waals surface area (Å²) in [5, 5.41) is 5.89. The second-order valence-corrected chi connectivity index (χ2v) is 7.93. The lowest BCUT2D eigenvalue weighted by Crippen LogP contribution is -2.27. The number of nitrogens with zero attached hydrogens (tertiary/aromatic N) is 2. The maximum absolute atomic E-state index is 12.5. The van der Waals surface area contributed by atoms with Crippen molar-refractivity contribution in [3.8, 4) is 10.6 Å². The third-order valence-electron chi connectivity index (χ3n) is 4.96. The highest BCUT2D eigenvalue weighted by atomic mass is 32.1. The Balaban J connectivity index is 1.35. The number of hydrogen-bond donors (Lipinski definition) is 1. The van der Waals surface area contributed by atoms with Crippen molar-refractivity contribution in [2.24, 2.45) is 0 Å². The SMILES string of the molecule is O=C(Cc1csc(-c2cccnc2)n1)NCCC(c1ccccc1)c1ccccc1. The molecule has 0 fully saturated rings. The molecule has 4 nitrogen and oxygen atoms in total. The van der Waals surface area contributed by atoms with Crippen molar-refractivity contribution in [3.05, 3.63) is 107 Å². The Morgan fingerprint density at radius 2 is 1.63 bits per heavy atom. The molecule has 150 valence electrons. The second kappa shape index (κ2) is 9.94. The van der Waals surface area contributed by atoms with Gasteiger partial charge >= 0.3 is 0 Å². The van der Waals surface area contributed by atoms with E-state index in [-0.39, 0.29) is 18.2 Å². The van der Waals surface area contributed by atoms with E-state index in [1.807, 2.05) is 29.6 Å². The molecule has 30 heavy (non-hydrogen) atoms. The fraction of sp³-hybridized carbons (Fsp3) is 0.160. The third-order valence-corrected chi connectivity index (χ3v) is 5.90. The minimum absolute atomic E-state index is 0.00194. The van der Waals surface area contributed by atoms with Gasteiger partial charge in [0, 0.05) is 35.8 Å². The molecule has 4 rings (SSSR count). The molecule has 2 aromatic carbocycles. The molecule has 0 bridgehead atoms. The molecule has 1 amide bonds. The molecule has 0 saturated heterocycles. The molecule has 5 heteroatoms. The lowest BCUT2D eigenvalue weighted by Gasteiger charge is -2.18. The van der Waals surface area contributed by atoms with Crippen LogP contribution in [0.4, 0.5) is 0 Å². The van der Waals surface area contributed by atoms with E-state index in [1.54, 1.807) is 12.4 Å². The normalized spacial score (nSPS) is 10.8. The number of hydrogen-bond acceptors (Lipinski definition) is 4. The molecule has 0 spiro atoms. The standard InChI is InChI=1S/C25H23N3OS/c29-24(16-22-18-30-25(28-22)21-12-7-14-26-17-21)27-15-13-23(19-8-3-1-4-9-19)20-10-5-2-6-11-20/h1-12,14,17-18,23H,13,15-16H2,(H,27,29). The Hall–Kier alpha value is -3.31. The van der Waals surface area contributed by atoms with E-state index in [1.165, 1.54) is 22.5 Å². The van der Waals surface area contributed by atoms with Crippen LogP contribution in [0.2, 0.25) is 0 Å². The topological polar surface area (TPSA) is 54.9 Å². The van der Waals surface area contributed by atoms with Gasteiger partial charge in [-0.15, -0.1) is 11.3 Å². The largest absolute Gasteiger partial charge is 0.356 e. The number of carbonyl (C=O) groups is 1. The number of benzene rings is 2. The van der Waals surface area contributed by atoms with E-state index in [2.05, 4.69) is 63.8 Å². The van der Waals surface area contributed by atoms with Gasteiger partial charge in [-0.2, -0.15) is 0 Å². The highest BCUT2D eigenvalue weighted by Gasteiger charge is 2.15. The van der Waals surface area contributed by atoms with Gasteiger partial charge in [0.05, 0.1) is 12.1 Å². The van der Waals surface area contributed by atoms with Gasteiger partial charge in [-0.25, -0.2) is 4.98 Å². The molecule has 0 radical (unpaired) electrons. The zero-order valence-electron chi connectivity index (χ0n) is 16.6. The zero-order chi connectivity index (χ0) is 20.6. The van der Waals surface area contributed by atoms with Gasteiger partial charge in [-0.05, 0) is 29.7 Å². The van der Waals surface area contributed by atoms with Crippen molar-refractivity contribution in [2.75, 3.05) is 6.54 Å². The van der Waals surface area contributed by atoms with Gasteiger partial charge in [0.25, 0.3) is 0 Å². The Morgan fingerprint density at radius 1 is 0.933 bits per heavy atom. The van der Waals surface area contributed by atoms with E-state index in [4.69, 9.17) is 0 Å². The molecule has 0 unspecified atom stereocenters. The van der Waals surface area contributed by atoms with Crippen molar-refractivity contribution in [3.63, 3.8) is 0 Å². The van der Waals surface area contributed by atoms with Gasteiger partial charge in [0.2, 0.25) is 5.91 Å². The highest BCUT2D eigenvalue weighted by molar-refractivity contribution is 7.13. The second-order valence-electron chi connectivity index (χ2n) is 7.08. The fourth-order valence-corrected chi connectivity index (χ4v) is 4.30. The Labute approximate surface area is 180 Å². The van der Waals surface area contributed by atoms with Crippen LogP contribution in [0.5, 0.6) is 0 Å². The monoisotopic (exact) mass is 413 g/mol. The number of nitrogens with one attached hydrogen (secondary N) is 1. The molecule has 4 aromatic rings. The summed E-state index contributed by atoms with van der Waals surface area (Å²) in [4.78, 5) is 21.2. The molecule has 2 heterocycles. The lowest BCUT2D eigenvalue weighted by molar-refractivity contribution is -0.120. The molecule has 2 aromatic heterocycles. The summed E-state index contributed by atoms with van der Waals surface area (Å²) in [6.07, 6.45) is 4.66. The average Bonchev–Trinajstić information content (AvgIpc) is 3.27. The van der Waals surface area contributed by atoms with Gasteiger partial charge in [-0.3, -0.25) is 9.78 Å². The van der Waals surface area contributed by atoms with Crippen LogP contribution >= 0.6 is 11.3 Å². The van der Waals surface area contributed by atoms with Crippen LogP contribution in [0, 0.1) is 0 Å². The van der Waals surface area contributed by atoms with E-state index >= 15 is 0 Å². The van der Waals surface area contributed by atoms with Crippen molar-refractivity contribution in [2.45, 2.75) is 18.8 Å². The first-order valence-corrected chi connectivity index (χ1v) is 10.9. The summed E-state index contributed by atoms with van der Waals surface area (Å²) in [5.41, 5.74) is 4.29. The van der Waals surface area contributed by atoms with Gasteiger partial charge in [0.1, 0.15) is 5.01 Å². The highest BCUT2D eigenvalue weighted by Crippen LogP contribution is 2.27. The maximum atomic E-state index is 12.5. The Morgan fingerprint density at radius 3 is 2.27 bits per heavy atom. The molecule has 0 aliphatic rings. The van der Waals surface area contributed by atoms with Crippen molar-refractivity contribution in [1.29, 1.82) is 0 Å². The first kappa shape index (κ1) is 20.0. The number of pyridine rings is 1. The zero-order valence-corrected chi connectivity index (χ0v) is 17.4. The van der Waals surface area contributed by atoms with Gasteiger partial charge in [0.15, 0.2) is 0 Å². The quantitative estimate of drug-likeness (QED) is 0.438. The summed E-state index contributed by atoms with van der Waals surface area (Å²) in [5.74, 6) is 0.252. The minimum Gasteiger partial charge on any atom is -0.356 e. The molecular weight excluding hydrogens is 390 g/mol. The van der Waals surface area contributed by atoms with Crippen LogP contribution in [-0.2, 0) is 11.2 Å². The molecule has 0 aliphatic carbocycles. The van der Waals surface area contributed by atoms with E-state index in [0.29, 0.717) is 6.54 Å². The maximum Gasteiger partial charge on any atom is 0.226 e. The fourth-order valence-electron chi connectivity index (χ4n) is 3.49. The number of thiazole rings is 1. The Bertz CT molecular complexity index is 1030. The summed E-state index contributed by atoms with van der Waals surface area (Å²) in [7, 11) is 0. The van der Waals surface area contributed by atoms with Crippen LogP contribution in [-0.4, -0.2) is 22.4 Å². The van der Waals surface area contributed by atoms with E-state index < -0.39 is 0 Å². The van der Waals surface area contributed by atoms with Gasteiger partial charge < -0.3 is 5.32 Å². The van der Waals surface area contributed by atoms with Crippen LogP contribution in [0.3, 0.4) is 0 Å². The number of carbonyl (C=O) groups excluding carboxylic acids is 1. The lowest BCUT2D eigenvalue weighted by atomic mass is 9.88. The average molecular weight is 414 g/mol. The summed E-state index contributed by atoms with van der Waals surface area (Å²) in [6.45, 7) is 0.618. The summed E-state index contributed by atoms with van der Waals surface area (Å²) < 4.78 is 0. The predicted molar refractivity (Wildman–Crippen MR) is 121 cm³/mol. The summed E-state index contributed by atoms with van der Waals surface area (Å²) >= 11 is 1.54. The van der Waals surface area contributed by atoms with Crippen molar-refractivity contribution in [1.82, 2.24) is 15.3 Å². The van der Waals surface area contributed by atoms with Crippen molar-refractivity contribution < 1.29 is 4.79 Å². The smallest absolute Gasteiger partial charge is 0.226 e. The Kier molecular flexibility index (Phi) is 6.62. The first-order valence-electron chi connectivity index (χ1n) is 10.0. The summed E-state index contributed by atoms with van der Waals surface area (Å²) in [6, 6.07) is 24.8. The molecule has 0 atom stereocenters. The van der Waals surface area contributed by atoms with E-state index in [9.17, 15) is 4.79 Å². The number of amides is 1. The molecule has 0 saturated carbocycles. The van der Waals surface area contributed by atoms with E-state index in [0.717, 1.165) is 22.7 Å². The van der Waals surface area contributed by atoms with Crippen molar-refractivity contribution >= 4 is 17.2 Å². The number of rotatable bonds is 8. The van der Waals surface area contributed by atoms with Gasteiger partial charge in [-0.1, -0.05) is 60.7 Å². The molecule has 1 N–H and O–H groups in total. The third kappa shape index (κ3) is 5.19. The van der Waals surface area contributed by atoms with Crippen LogP contribution < -0.4 is 5.32 Å². The number of aromatic nitrogens is 2. The molecule has 0 aliphatic heterocycles. The predicted octanol–water partition coefficient (Wildman–Crippen LogP) is 5.09. The van der Waals surface area contributed by atoms with Crippen LogP contribution in [0.15, 0.2) is 90.6 Å². The molecular formula is C25H23N3OS. The van der Waals surface area contributed by atoms with Crippen LogP contribution in [0.1, 0.15) is 29.2 Å². The van der Waals surface area contributed by atoms with Crippen LogP contribution in [0.25, 0.3) is 10.6 Å². The minimum atomic E-state index is -0.00194.